The van der Waals surface area contributed by atoms with Gasteiger partial charge in [-0.15, -0.1) is 0 Å². The van der Waals surface area contributed by atoms with E-state index in [4.69, 9.17) is 10.6 Å². The molecule has 0 aliphatic carbocycles. The van der Waals surface area contributed by atoms with Crippen molar-refractivity contribution in [3.8, 4) is 0 Å². The van der Waals surface area contributed by atoms with Crippen molar-refractivity contribution < 1.29 is 4.74 Å². The summed E-state index contributed by atoms with van der Waals surface area (Å²) in [6.07, 6.45) is 5.88. The maximum absolute atomic E-state index is 5.91. The van der Waals surface area contributed by atoms with Gasteiger partial charge in [-0.05, 0) is 44.9 Å². The van der Waals surface area contributed by atoms with Crippen LogP contribution in [0.1, 0.15) is 52.9 Å². The molecular weight excluding hydrogens is 188 g/mol. The van der Waals surface area contributed by atoms with Crippen molar-refractivity contribution in [2.24, 2.45) is 11.8 Å². The van der Waals surface area contributed by atoms with E-state index in [2.05, 4.69) is 26.2 Å². The molecule has 3 nitrogen and oxygen atoms in total. The van der Waals surface area contributed by atoms with Crippen LogP contribution in [0.5, 0.6) is 0 Å². The van der Waals surface area contributed by atoms with Gasteiger partial charge in [0.15, 0.2) is 0 Å². The Balaban J connectivity index is 2.47. The summed E-state index contributed by atoms with van der Waals surface area (Å²) in [6.45, 7) is 7.57. The highest BCUT2D eigenvalue weighted by Crippen LogP contribution is 2.30. The molecule has 15 heavy (non-hydrogen) atoms. The van der Waals surface area contributed by atoms with Crippen LogP contribution in [0.25, 0.3) is 0 Å². The molecule has 2 atom stereocenters. The number of hydrazine groups is 1. The molecule has 1 heterocycles. The fraction of sp³-hybridized carbons (Fsp3) is 1.00. The van der Waals surface area contributed by atoms with E-state index in [0.717, 1.165) is 25.4 Å². The molecular formula is C12H26N2O. The normalized spacial score (nSPS) is 29.4. The molecule has 90 valence electrons. The fourth-order valence-electron chi connectivity index (χ4n) is 2.30. The predicted octanol–water partition coefficient (Wildman–Crippen LogP) is 2.21. The summed E-state index contributed by atoms with van der Waals surface area (Å²) in [5.74, 6) is 6.37. The van der Waals surface area contributed by atoms with Gasteiger partial charge in [0.1, 0.15) is 0 Å². The molecule has 0 bridgehead atoms. The summed E-state index contributed by atoms with van der Waals surface area (Å²) >= 11 is 0. The van der Waals surface area contributed by atoms with Crippen molar-refractivity contribution >= 4 is 0 Å². The summed E-state index contributed by atoms with van der Waals surface area (Å²) in [6, 6.07) is 0.292. The third kappa shape index (κ3) is 3.74. The van der Waals surface area contributed by atoms with E-state index in [-0.39, 0.29) is 5.60 Å². The summed E-state index contributed by atoms with van der Waals surface area (Å²) in [4.78, 5) is 0. The highest BCUT2D eigenvalue weighted by atomic mass is 16.5. The fourth-order valence-corrected chi connectivity index (χ4v) is 2.30. The van der Waals surface area contributed by atoms with Gasteiger partial charge < -0.3 is 4.74 Å². The highest BCUT2D eigenvalue weighted by molar-refractivity contribution is 4.90. The Kier molecular flexibility index (Phi) is 5.03. The second-order valence-corrected chi connectivity index (χ2v) is 5.31. The van der Waals surface area contributed by atoms with Crippen LogP contribution >= 0.6 is 0 Å². The predicted molar refractivity (Wildman–Crippen MR) is 63.4 cm³/mol. The van der Waals surface area contributed by atoms with E-state index in [1.54, 1.807) is 0 Å². The summed E-state index contributed by atoms with van der Waals surface area (Å²) < 4.78 is 5.91. The first kappa shape index (κ1) is 12.9. The molecule has 1 fully saturated rings. The molecule has 3 heteroatoms. The quantitative estimate of drug-likeness (QED) is 0.545. The van der Waals surface area contributed by atoms with Crippen molar-refractivity contribution in [2.45, 2.75) is 64.5 Å². The zero-order valence-electron chi connectivity index (χ0n) is 10.4. The average Bonchev–Trinajstić information content (AvgIpc) is 2.19. The van der Waals surface area contributed by atoms with E-state index < -0.39 is 0 Å². The number of ether oxygens (including phenoxy) is 1. The van der Waals surface area contributed by atoms with Crippen molar-refractivity contribution in [3.05, 3.63) is 0 Å². The van der Waals surface area contributed by atoms with Crippen LogP contribution in [0.4, 0.5) is 0 Å². The lowest BCUT2D eigenvalue weighted by Crippen LogP contribution is -2.54. The Morgan fingerprint density at radius 1 is 1.33 bits per heavy atom. The van der Waals surface area contributed by atoms with Crippen LogP contribution in [-0.2, 0) is 4.74 Å². The second kappa shape index (κ2) is 5.83. The Hall–Kier alpha value is -0.120. The minimum atomic E-state index is -0.0537. The van der Waals surface area contributed by atoms with E-state index in [0.29, 0.717) is 6.04 Å². The zero-order chi connectivity index (χ0) is 11.3. The van der Waals surface area contributed by atoms with Gasteiger partial charge in [0.05, 0.1) is 5.60 Å². The number of rotatable bonds is 5. The van der Waals surface area contributed by atoms with Gasteiger partial charge >= 0.3 is 0 Å². The molecule has 1 aliphatic heterocycles. The lowest BCUT2D eigenvalue weighted by atomic mass is 9.85. The third-order valence-electron chi connectivity index (χ3n) is 3.47. The molecule has 0 saturated carbocycles. The maximum Gasteiger partial charge on any atom is 0.0820 e. The lowest BCUT2D eigenvalue weighted by Gasteiger charge is -2.40. The molecule has 0 aromatic carbocycles. The van der Waals surface area contributed by atoms with Gasteiger partial charge in [-0.25, -0.2) is 0 Å². The van der Waals surface area contributed by atoms with E-state index in [9.17, 15) is 0 Å². The summed E-state index contributed by atoms with van der Waals surface area (Å²) in [5.41, 5.74) is 2.89. The standard InChI is InChI=1S/C12H26N2O/c1-10(2)6-7-11(14-13)12(3)8-4-5-9-15-12/h10-11,14H,4-9,13H2,1-3H3. The Morgan fingerprint density at radius 3 is 2.53 bits per heavy atom. The number of nitrogens with two attached hydrogens (primary N) is 1. The molecule has 1 aliphatic rings. The molecule has 1 saturated heterocycles. The van der Waals surface area contributed by atoms with Crippen LogP contribution in [0.2, 0.25) is 0 Å². The largest absolute Gasteiger partial charge is 0.374 e. The number of nitrogens with one attached hydrogen (secondary N) is 1. The first-order chi connectivity index (χ1) is 7.08. The van der Waals surface area contributed by atoms with Crippen LogP contribution in [-0.4, -0.2) is 18.2 Å². The molecule has 3 N–H and O–H groups in total. The highest BCUT2D eigenvalue weighted by Gasteiger charge is 2.35. The van der Waals surface area contributed by atoms with Crippen LogP contribution in [0, 0.1) is 5.92 Å². The van der Waals surface area contributed by atoms with Gasteiger partial charge in [-0.2, -0.15) is 0 Å². The minimum absolute atomic E-state index is 0.0537. The van der Waals surface area contributed by atoms with Crippen LogP contribution in [0.15, 0.2) is 0 Å². The van der Waals surface area contributed by atoms with Crippen molar-refractivity contribution in [1.29, 1.82) is 0 Å². The summed E-state index contributed by atoms with van der Waals surface area (Å²) in [7, 11) is 0. The van der Waals surface area contributed by atoms with E-state index in [1.807, 2.05) is 0 Å². The van der Waals surface area contributed by atoms with Crippen molar-refractivity contribution in [2.75, 3.05) is 6.61 Å². The zero-order valence-corrected chi connectivity index (χ0v) is 10.4. The van der Waals surface area contributed by atoms with Crippen LogP contribution in [0.3, 0.4) is 0 Å². The van der Waals surface area contributed by atoms with Gasteiger partial charge in [-0.1, -0.05) is 13.8 Å². The minimum Gasteiger partial charge on any atom is -0.374 e. The lowest BCUT2D eigenvalue weighted by molar-refractivity contribution is -0.0908. The molecule has 2 unspecified atom stereocenters. The Morgan fingerprint density at radius 2 is 2.07 bits per heavy atom. The molecule has 1 rings (SSSR count). The summed E-state index contributed by atoms with van der Waals surface area (Å²) in [5, 5.41) is 0. The molecule has 0 aromatic rings. The topological polar surface area (TPSA) is 47.3 Å². The second-order valence-electron chi connectivity index (χ2n) is 5.31. The Labute approximate surface area is 93.7 Å². The molecule has 0 radical (unpaired) electrons. The van der Waals surface area contributed by atoms with Crippen molar-refractivity contribution in [3.63, 3.8) is 0 Å². The van der Waals surface area contributed by atoms with E-state index in [1.165, 1.54) is 19.3 Å². The third-order valence-corrected chi connectivity index (χ3v) is 3.47. The molecule has 0 spiro atoms. The monoisotopic (exact) mass is 214 g/mol. The van der Waals surface area contributed by atoms with Crippen molar-refractivity contribution in [1.82, 2.24) is 5.43 Å². The van der Waals surface area contributed by atoms with Gasteiger partial charge in [0, 0.05) is 12.6 Å². The molecule has 0 amide bonds. The van der Waals surface area contributed by atoms with Gasteiger partial charge in [0.25, 0.3) is 0 Å². The first-order valence-corrected chi connectivity index (χ1v) is 6.18. The first-order valence-electron chi connectivity index (χ1n) is 6.18. The maximum atomic E-state index is 5.91. The van der Waals surface area contributed by atoms with E-state index >= 15 is 0 Å². The van der Waals surface area contributed by atoms with Gasteiger partial charge in [0.2, 0.25) is 0 Å². The van der Waals surface area contributed by atoms with Gasteiger partial charge in [-0.3, -0.25) is 11.3 Å². The number of hydrogen-bond donors (Lipinski definition) is 2. The SMILES string of the molecule is CC(C)CCC(NN)C1(C)CCCCO1. The smallest absolute Gasteiger partial charge is 0.0820 e. The molecule has 0 aromatic heterocycles. The number of hydrogen-bond acceptors (Lipinski definition) is 3. The van der Waals surface area contributed by atoms with Crippen LogP contribution < -0.4 is 11.3 Å². The Bertz CT molecular complexity index is 176. The average molecular weight is 214 g/mol.